The summed E-state index contributed by atoms with van der Waals surface area (Å²) in [5.74, 6) is -7.39. The zero-order valence-electron chi connectivity index (χ0n) is 38.2. The van der Waals surface area contributed by atoms with E-state index in [-0.39, 0.29) is 16.8 Å². The number of carbonyl (C=O) groups excluding carboxylic acids is 8. The Morgan fingerprint density at radius 1 is 0.397 bits per heavy atom. The zero-order chi connectivity index (χ0) is 52.1. The largest absolute Gasteiger partial charge is 0.411 e. The first-order chi connectivity index (χ1) is 34.6. The Morgan fingerprint density at radius 3 is 1.15 bits per heavy atom. The Bertz CT molecular complexity index is 3270. The molecule has 1 aliphatic carbocycles. The van der Waals surface area contributed by atoms with Gasteiger partial charge in [-0.3, -0.25) is 38.4 Å². The number of alkyl halides is 6. The van der Waals surface area contributed by atoms with E-state index >= 15 is 26.3 Å². The lowest BCUT2D eigenvalue weighted by atomic mass is 9.71. The number of fused-ring (bicyclic) bond motifs is 2. The molecule has 0 saturated heterocycles. The molecule has 6 aromatic carbocycles. The van der Waals surface area contributed by atoms with Crippen LogP contribution in [0.15, 0.2) is 157 Å². The predicted octanol–water partition coefficient (Wildman–Crippen LogP) is 9.88. The van der Waals surface area contributed by atoms with Crippen molar-refractivity contribution in [1.29, 1.82) is 0 Å². The van der Waals surface area contributed by atoms with Crippen molar-refractivity contribution in [3.05, 3.63) is 218 Å². The molecule has 0 spiro atoms. The fourth-order valence-electron chi connectivity index (χ4n) is 9.87. The molecule has 6 amide bonds. The molecule has 0 N–H and O–H groups in total. The van der Waals surface area contributed by atoms with Gasteiger partial charge in [0.15, 0.2) is 11.6 Å². The summed E-state index contributed by atoms with van der Waals surface area (Å²) in [5.41, 5.74) is -5.53. The molecule has 0 saturated carbocycles. The third kappa shape index (κ3) is 7.69. The predicted molar refractivity (Wildman–Crippen MR) is 252 cm³/mol. The minimum Gasteiger partial charge on any atom is -0.293 e. The molecule has 3 heterocycles. The Hall–Kier alpha value is -8.86. The van der Waals surface area contributed by atoms with Crippen LogP contribution >= 0.6 is 0 Å². The highest BCUT2D eigenvalue weighted by atomic mass is 19.4. The molecule has 1 atom stereocenters. The number of anilines is 3. The van der Waals surface area contributed by atoms with Gasteiger partial charge < -0.3 is 0 Å². The van der Waals surface area contributed by atoms with Gasteiger partial charge in [-0.25, -0.2) is 14.7 Å². The number of ketones is 2. The van der Waals surface area contributed by atoms with Gasteiger partial charge in [0.1, 0.15) is 5.92 Å². The van der Waals surface area contributed by atoms with Gasteiger partial charge in [-0.15, -0.1) is 0 Å². The molecule has 73 heavy (non-hydrogen) atoms. The number of nitrogens with zero attached hydrogens (tertiary/aromatic N) is 3. The zero-order valence-corrected chi connectivity index (χ0v) is 38.2. The van der Waals surface area contributed by atoms with Crippen LogP contribution in [0.3, 0.4) is 0 Å². The standard InChI is InChI=1S/C56H35F6N3O8/c1-29-23-45(66)63(50(29)70)38-15-5-32(6-16-38)25-31-3-11-35(12-4-31)47-48(68)41-21-13-36(27-43(41)49(47)69)54(55(57,58)59,56(60,61)62)37-14-22-42-44(28-37)53(73)65(52(42)72)40-19-9-34(10-20-40)26-33-7-17-39(18-8-33)64-46(67)24-30(2)51(64)71/h3-24,27-28,47H,25-26H2,1-2H3. The van der Waals surface area contributed by atoms with Crippen molar-refractivity contribution in [1.82, 2.24) is 0 Å². The number of hydrogen-bond acceptors (Lipinski definition) is 8. The highest BCUT2D eigenvalue weighted by Gasteiger charge is 2.73. The highest BCUT2D eigenvalue weighted by Crippen LogP contribution is 2.57. The van der Waals surface area contributed by atoms with Gasteiger partial charge in [-0.1, -0.05) is 78.9 Å². The second-order valence-corrected chi connectivity index (χ2v) is 18.1. The van der Waals surface area contributed by atoms with Crippen LogP contribution in [-0.4, -0.2) is 59.4 Å². The average molecular weight is 992 g/mol. The van der Waals surface area contributed by atoms with E-state index < -0.39 is 98.5 Å². The van der Waals surface area contributed by atoms with E-state index in [4.69, 9.17) is 0 Å². The van der Waals surface area contributed by atoms with Crippen molar-refractivity contribution < 1.29 is 64.7 Å². The summed E-state index contributed by atoms with van der Waals surface area (Å²) in [6.45, 7) is 3.07. The van der Waals surface area contributed by atoms with Crippen LogP contribution < -0.4 is 14.7 Å². The second kappa shape index (κ2) is 17.2. The summed E-state index contributed by atoms with van der Waals surface area (Å²) in [6.07, 6.45) is -9.17. The third-order valence-corrected chi connectivity index (χ3v) is 13.6. The molecular weight excluding hydrogens is 957 g/mol. The van der Waals surface area contributed by atoms with E-state index in [1.54, 1.807) is 72.8 Å². The van der Waals surface area contributed by atoms with Gasteiger partial charge in [0, 0.05) is 34.4 Å². The first-order valence-electron chi connectivity index (χ1n) is 22.5. The fourth-order valence-corrected chi connectivity index (χ4v) is 9.87. The molecule has 11 nitrogen and oxygen atoms in total. The maximum absolute atomic E-state index is 15.5. The molecule has 364 valence electrons. The van der Waals surface area contributed by atoms with Crippen molar-refractivity contribution in [3.63, 3.8) is 0 Å². The van der Waals surface area contributed by atoms with Gasteiger partial charge in [0.2, 0.25) is 5.41 Å². The van der Waals surface area contributed by atoms with E-state index in [1.807, 2.05) is 0 Å². The maximum atomic E-state index is 15.5. The lowest BCUT2D eigenvalue weighted by Gasteiger charge is -2.38. The van der Waals surface area contributed by atoms with Crippen LogP contribution in [0.25, 0.3) is 0 Å². The van der Waals surface area contributed by atoms with Crippen molar-refractivity contribution >= 4 is 64.1 Å². The Labute approximate surface area is 410 Å². The molecule has 6 aromatic rings. The van der Waals surface area contributed by atoms with Crippen LogP contribution in [0.2, 0.25) is 0 Å². The molecule has 0 bridgehead atoms. The number of amides is 6. The molecule has 10 rings (SSSR count). The van der Waals surface area contributed by atoms with E-state index in [0.29, 0.717) is 75.7 Å². The van der Waals surface area contributed by atoms with Crippen molar-refractivity contribution in [2.75, 3.05) is 14.7 Å². The smallest absolute Gasteiger partial charge is 0.293 e. The van der Waals surface area contributed by atoms with E-state index in [9.17, 15) is 38.4 Å². The van der Waals surface area contributed by atoms with Crippen LogP contribution in [0.1, 0.15) is 100 Å². The fraction of sp³-hybridized carbons (Fsp3) is 0.143. The van der Waals surface area contributed by atoms with Crippen molar-refractivity contribution in [2.45, 2.75) is 50.4 Å². The number of benzene rings is 6. The lowest BCUT2D eigenvalue weighted by molar-refractivity contribution is -0.288. The third-order valence-electron chi connectivity index (χ3n) is 13.6. The highest BCUT2D eigenvalue weighted by molar-refractivity contribution is 6.35. The van der Waals surface area contributed by atoms with Gasteiger partial charge in [0.25, 0.3) is 35.4 Å². The summed E-state index contributed by atoms with van der Waals surface area (Å²) in [6, 6.07) is 28.6. The van der Waals surface area contributed by atoms with Crippen molar-refractivity contribution in [3.8, 4) is 0 Å². The van der Waals surface area contributed by atoms with E-state index in [0.717, 1.165) is 33.1 Å². The number of carbonyl (C=O) groups is 8. The number of imide groups is 3. The summed E-state index contributed by atoms with van der Waals surface area (Å²) in [4.78, 5) is 107. The maximum Gasteiger partial charge on any atom is 0.411 e. The van der Waals surface area contributed by atoms with Crippen molar-refractivity contribution in [2.24, 2.45) is 0 Å². The summed E-state index contributed by atoms with van der Waals surface area (Å²) in [5, 5.41) is 0. The van der Waals surface area contributed by atoms with E-state index in [1.165, 1.54) is 50.3 Å². The molecule has 3 aliphatic heterocycles. The van der Waals surface area contributed by atoms with Crippen LogP contribution in [-0.2, 0) is 37.4 Å². The van der Waals surface area contributed by atoms with Gasteiger partial charge in [-0.2, -0.15) is 26.3 Å². The number of halogens is 6. The SMILES string of the molecule is CC1=CC(=O)N(c2ccc(Cc3ccc(C4C(=O)c5ccc(C(c6ccc7c(c6)C(=O)N(c6ccc(Cc8ccc(N9C(=O)C=C(C)C9=O)cc8)cc6)C7=O)(C(F)(F)F)C(F)(F)F)cc5C4=O)cc3)cc2)C1=O. The normalized spacial score (nSPS) is 17.0. The average Bonchev–Trinajstić information content (AvgIpc) is 3.95. The number of Topliss-reactive ketones (excluding diaryl/α,β-unsaturated/α-hetero) is 2. The molecule has 0 fully saturated rings. The number of hydrogen-bond donors (Lipinski definition) is 0. The van der Waals surface area contributed by atoms with Gasteiger partial charge in [-0.05, 0) is 120 Å². The first kappa shape index (κ1) is 47.8. The lowest BCUT2D eigenvalue weighted by Crippen LogP contribution is -2.55. The van der Waals surface area contributed by atoms with Crippen LogP contribution in [0, 0.1) is 0 Å². The second-order valence-electron chi connectivity index (χ2n) is 18.1. The molecule has 0 aromatic heterocycles. The topological polar surface area (TPSA) is 146 Å². The number of rotatable bonds is 10. The van der Waals surface area contributed by atoms with Gasteiger partial charge in [0.05, 0.1) is 28.2 Å². The molecule has 0 radical (unpaired) electrons. The molecule has 17 heteroatoms. The summed E-state index contributed by atoms with van der Waals surface area (Å²) >= 11 is 0. The van der Waals surface area contributed by atoms with Crippen LogP contribution in [0.4, 0.5) is 43.4 Å². The minimum atomic E-state index is -6.16. The Morgan fingerprint density at radius 2 is 0.753 bits per heavy atom. The van der Waals surface area contributed by atoms with E-state index in [2.05, 4.69) is 0 Å². The summed E-state index contributed by atoms with van der Waals surface area (Å²) in [7, 11) is 0. The summed E-state index contributed by atoms with van der Waals surface area (Å²) < 4.78 is 93.2. The minimum absolute atomic E-state index is 0.0141. The van der Waals surface area contributed by atoms with Gasteiger partial charge >= 0.3 is 12.4 Å². The quantitative estimate of drug-likeness (QED) is 0.0749. The Kier molecular flexibility index (Phi) is 11.2. The molecule has 4 aliphatic rings. The molecular formula is C56H35F6N3O8. The Balaban J connectivity index is 0.884. The molecule has 1 unspecified atom stereocenters. The first-order valence-corrected chi connectivity index (χ1v) is 22.5. The van der Waals surface area contributed by atoms with Crippen LogP contribution in [0.5, 0.6) is 0 Å². The monoisotopic (exact) mass is 991 g/mol.